The molecule has 14 heavy (non-hydrogen) atoms. The quantitative estimate of drug-likeness (QED) is 0.602. The standard InChI is InChI=1S/C10H10N2O2/c1-6-4-10(14)12(11)9-5-7(13)2-3-8(6)9/h2-5,13H,11H2,1H3. The Balaban J connectivity index is 3.03. The summed E-state index contributed by atoms with van der Waals surface area (Å²) in [5.74, 6) is 5.65. The van der Waals surface area contributed by atoms with Gasteiger partial charge in [-0.25, -0.2) is 4.68 Å². The van der Waals surface area contributed by atoms with Gasteiger partial charge in [0.25, 0.3) is 5.56 Å². The number of nitrogens with two attached hydrogens (primary N) is 1. The van der Waals surface area contributed by atoms with Gasteiger partial charge in [0.1, 0.15) is 5.75 Å². The molecule has 4 nitrogen and oxygen atoms in total. The number of benzene rings is 1. The number of aromatic nitrogens is 1. The van der Waals surface area contributed by atoms with Crippen molar-refractivity contribution in [1.82, 2.24) is 4.68 Å². The molecule has 1 aromatic heterocycles. The minimum Gasteiger partial charge on any atom is -0.508 e. The Morgan fingerprint density at radius 3 is 2.79 bits per heavy atom. The van der Waals surface area contributed by atoms with Gasteiger partial charge in [-0.2, -0.15) is 0 Å². The van der Waals surface area contributed by atoms with Crippen LogP contribution in [0.3, 0.4) is 0 Å². The highest BCUT2D eigenvalue weighted by molar-refractivity contribution is 5.83. The van der Waals surface area contributed by atoms with Crippen LogP contribution in [0.15, 0.2) is 29.1 Å². The lowest BCUT2D eigenvalue weighted by Gasteiger charge is -2.06. The first kappa shape index (κ1) is 8.62. The van der Waals surface area contributed by atoms with E-state index in [1.54, 1.807) is 12.1 Å². The summed E-state index contributed by atoms with van der Waals surface area (Å²) in [6.45, 7) is 1.83. The van der Waals surface area contributed by atoms with Crippen LogP contribution < -0.4 is 11.4 Å². The Kier molecular flexibility index (Phi) is 1.70. The number of pyridine rings is 1. The van der Waals surface area contributed by atoms with Crippen LogP contribution >= 0.6 is 0 Å². The fourth-order valence-corrected chi connectivity index (χ4v) is 1.50. The van der Waals surface area contributed by atoms with E-state index in [0.717, 1.165) is 15.6 Å². The molecule has 0 spiro atoms. The molecule has 72 valence electrons. The first-order valence-electron chi connectivity index (χ1n) is 4.20. The van der Waals surface area contributed by atoms with Crippen LogP contribution in [0.4, 0.5) is 0 Å². The molecule has 4 heteroatoms. The van der Waals surface area contributed by atoms with Crippen molar-refractivity contribution in [3.05, 3.63) is 40.2 Å². The minimum absolute atomic E-state index is 0.0988. The first-order chi connectivity index (χ1) is 6.59. The van der Waals surface area contributed by atoms with Crippen LogP contribution in [0.1, 0.15) is 5.56 Å². The van der Waals surface area contributed by atoms with Gasteiger partial charge in [0.2, 0.25) is 0 Å². The van der Waals surface area contributed by atoms with Crippen LogP contribution in [0.5, 0.6) is 5.75 Å². The SMILES string of the molecule is Cc1cc(=O)n(N)c2cc(O)ccc12. The molecular formula is C10H10N2O2. The topological polar surface area (TPSA) is 68.2 Å². The number of rotatable bonds is 0. The Bertz CT molecular complexity index is 558. The molecule has 0 aliphatic heterocycles. The van der Waals surface area contributed by atoms with Gasteiger partial charge in [-0.1, -0.05) is 0 Å². The summed E-state index contributed by atoms with van der Waals surface area (Å²) in [6, 6.07) is 6.26. The summed E-state index contributed by atoms with van der Waals surface area (Å²) in [5.41, 5.74) is 1.11. The third kappa shape index (κ3) is 1.12. The van der Waals surface area contributed by atoms with E-state index < -0.39 is 0 Å². The van der Waals surface area contributed by atoms with Crippen molar-refractivity contribution in [2.45, 2.75) is 6.92 Å². The minimum atomic E-state index is -0.277. The lowest BCUT2D eigenvalue weighted by atomic mass is 10.1. The van der Waals surface area contributed by atoms with Gasteiger partial charge in [0.15, 0.2) is 0 Å². The fraction of sp³-hybridized carbons (Fsp3) is 0.100. The molecule has 0 saturated carbocycles. The summed E-state index contributed by atoms with van der Waals surface area (Å²) >= 11 is 0. The summed E-state index contributed by atoms with van der Waals surface area (Å²) in [4.78, 5) is 11.3. The van der Waals surface area contributed by atoms with Crippen molar-refractivity contribution in [2.24, 2.45) is 0 Å². The predicted octanol–water partition coefficient (Wildman–Crippen LogP) is 0.729. The highest BCUT2D eigenvalue weighted by Gasteiger charge is 2.04. The summed E-state index contributed by atoms with van der Waals surface area (Å²) in [5, 5.41) is 10.1. The molecule has 0 aliphatic carbocycles. The van der Waals surface area contributed by atoms with Crippen molar-refractivity contribution in [1.29, 1.82) is 0 Å². The zero-order valence-electron chi connectivity index (χ0n) is 7.69. The van der Waals surface area contributed by atoms with E-state index in [2.05, 4.69) is 0 Å². The Morgan fingerprint density at radius 2 is 2.07 bits per heavy atom. The van der Waals surface area contributed by atoms with Crippen molar-refractivity contribution in [3.8, 4) is 5.75 Å². The molecule has 2 aromatic rings. The normalized spacial score (nSPS) is 10.6. The maximum atomic E-state index is 11.3. The van der Waals surface area contributed by atoms with Gasteiger partial charge < -0.3 is 10.9 Å². The number of nitrogens with zero attached hydrogens (tertiary/aromatic N) is 1. The number of aryl methyl sites for hydroxylation is 1. The van der Waals surface area contributed by atoms with Crippen LogP contribution in [-0.2, 0) is 0 Å². The number of nitrogen functional groups attached to an aromatic ring is 1. The average Bonchev–Trinajstić information content (AvgIpc) is 2.14. The molecule has 1 heterocycles. The monoisotopic (exact) mass is 190 g/mol. The van der Waals surface area contributed by atoms with Gasteiger partial charge in [-0.3, -0.25) is 4.79 Å². The van der Waals surface area contributed by atoms with Gasteiger partial charge in [0.05, 0.1) is 5.52 Å². The van der Waals surface area contributed by atoms with E-state index in [0.29, 0.717) is 5.52 Å². The van der Waals surface area contributed by atoms with Crippen LogP contribution in [0.25, 0.3) is 10.9 Å². The zero-order chi connectivity index (χ0) is 10.3. The number of phenolic OH excluding ortho intramolecular Hbond substituents is 1. The van der Waals surface area contributed by atoms with Crippen LogP contribution in [0, 0.1) is 6.92 Å². The van der Waals surface area contributed by atoms with E-state index in [4.69, 9.17) is 5.84 Å². The second kappa shape index (κ2) is 2.77. The van der Waals surface area contributed by atoms with E-state index in [9.17, 15) is 9.90 Å². The number of hydrogen-bond donors (Lipinski definition) is 2. The van der Waals surface area contributed by atoms with E-state index in [1.807, 2.05) is 6.92 Å². The van der Waals surface area contributed by atoms with Gasteiger partial charge in [0, 0.05) is 17.5 Å². The number of phenols is 1. The molecule has 1 aromatic carbocycles. The first-order valence-corrected chi connectivity index (χ1v) is 4.20. The lowest BCUT2D eigenvalue weighted by molar-refractivity contribution is 0.476. The highest BCUT2D eigenvalue weighted by Crippen LogP contribution is 2.19. The van der Waals surface area contributed by atoms with E-state index in [-0.39, 0.29) is 11.3 Å². The van der Waals surface area contributed by atoms with Crippen molar-refractivity contribution < 1.29 is 5.11 Å². The van der Waals surface area contributed by atoms with E-state index >= 15 is 0 Å². The summed E-state index contributed by atoms with van der Waals surface area (Å²) in [6.07, 6.45) is 0. The fourth-order valence-electron chi connectivity index (χ4n) is 1.50. The molecule has 0 bridgehead atoms. The number of fused-ring (bicyclic) bond motifs is 1. The average molecular weight is 190 g/mol. The Morgan fingerprint density at radius 1 is 1.36 bits per heavy atom. The number of hydrogen-bond acceptors (Lipinski definition) is 3. The van der Waals surface area contributed by atoms with E-state index in [1.165, 1.54) is 12.1 Å². The molecule has 2 rings (SSSR count). The third-order valence-electron chi connectivity index (χ3n) is 2.24. The molecule has 0 aliphatic rings. The molecule has 0 unspecified atom stereocenters. The van der Waals surface area contributed by atoms with Crippen molar-refractivity contribution in [3.63, 3.8) is 0 Å². The molecular weight excluding hydrogens is 180 g/mol. The third-order valence-corrected chi connectivity index (χ3v) is 2.24. The van der Waals surface area contributed by atoms with Gasteiger partial charge >= 0.3 is 0 Å². The van der Waals surface area contributed by atoms with Crippen molar-refractivity contribution in [2.75, 3.05) is 5.84 Å². The lowest BCUT2D eigenvalue weighted by Crippen LogP contribution is -2.26. The van der Waals surface area contributed by atoms with Crippen molar-refractivity contribution >= 4 is 10.9 Å². The van der Waals surface area contributed by atoms with Crippen LogP contribution in [-0.4, -0.2) is 9.78 Å². The summed E-state index contributed by atoms with van der Waals surface area (Å²) in [7, 11) is 0. The van der Waals surface area contributed by atoms with Crippen LogP contribution in [0.2, 0.25) is 0 Å². The summed E-state index contributed by atoms with van der Waals surface area (Å²) < 4.78 is 1.03. The highest BCUT2D eigenvalue weighted by atomic mass is 16.3. The second-order valence-corrected chi connectivity index (χ2v) is 3.24. The predicted molar refractivity (Wildman–Crippen MR) is 54.8 cm³/mol. The second-order valence-electron chi connectivity index (χ2n) is 3.24. The number of aromatic hydroxyl groups is 1. The molecule has 0 amide bonds. The Labute approximate surface area is 80.2 Å². The van der Waals surface area contributed by atoms with Gasteiger partial charge in [-0.05, 0) is 24.6 Å². The zero-order valence-corrected chi connectivity index (χ0v) is 7.69. The molecule has 3 N–H and O–H groups in total. The molecule has 0 fully saturated rings. The molecule has 0 atom stereocenters. The maximum absolute atomic E-state index is 11.3. The molecule has 0 saturated heterocycles. The maximum Gasteiger partial charge on any atom is 0.269 e. The van der Waals surface area contributed by atoms with Gasteiger partial charge in [-0.15, -0.1) is 0 Å². The molecule has 0 radical (unpaired) electrons. The Hall–Kier alpha value is -1.97. The smallest absolute Gasteiger partial charge is 0.269 e. The largest absolute Gasteiger partial charge is 0.508 e.